The fourth-order valence-corrected chi connectivity index (χ4v) is 6.49. The number of fused-ring (bicyclic) bond motifs is 4. The maximum absolute atomic E-state index is 5.02. The van der Waals surface area contributed by atoms with Gasteiger partial charge in [0.2, 0.25) is 5.95 Å². The first kappa shape index (κ1) is 26.1. The average molecular weight is 590 g/mol. The third kappa shape index (κ3) is 4.29. The Balaban J connectivity index is 1.24. The summed E-state index contributed by atoms with van der Waals surface area (Å²) in [5.74, 6) is 1.85. The number of hydrogen-bond donors (Lipinski definition) is 0. The van der Waals surface area contributed by atoms with Crippen LogP contribution < -0.4 is 0 Å². The van der Waals surface area contributed by atoms with Crippen LogP contribution in [0.3, 0.4) is 0 Å². The molecule has 0 saturated heterocycles. The molecule has 0 fully saturated rings. The molecule has 3 aromatic heterocycles. The molecule has 3 heterocycles. The van der Waals surface area contributed by atoms with Gasteiger partial charge in [-0.3, -0.25) is 4.57 Å². The van der Waals surface area contributed by atoms with Gasteiger partial charge in [-0.15, -0.1) is 0 Å². The van der Waals surface area contributed by atoms with Gasteiger partial charge in [0.25, 0.3) is 0 Å². The molecule has 0 spiro atoms. The topological polar surface area (TPSA) is 48.5 Å². The van der Waals surface area contributed by atoms with Crippen LogP contribution in [0.4, 0.5) is 0 Å². The maximum Gasteiger partial charge on any atom is 0.238 e. The van der Waals surface area contributed by atoms with E-state index in [9.17, 15) is 0 Å². The zero-order valence-electron chi connectivity index (χ0n) is 24.8. The smallest absolute Gasteiger partial charge is 0.238 e. The first-order valence-corrected chi connectivity index (χ1v) is 15.4. The highest BCUT2D eigenvalue weighted by Gasteiger charge is 2.18. The van der Waals surface area contributed by atoms with E-state index in [1.807, 2.05) is 60.7 Å². The number of hydrogen-bond acceptors (Lipinski definition) is 3. The highest BCUT2D eigenvalue weighted by Crippen LogP contribution is 2.36. The second-order valence-electron chi connectivity index (χ2n) is 11.4. The summed E-state index contributed by atoms with van der Waals surface area (Å²) in [6, 6.07) is 54.7. The maximum atomic E-state index is 5.02. The van der Waals surface area contributed by atoms with Crippen molar-refractivity contribution in [1.82, 2.24) is 24.1 Å². The lowest BCUT2D eigenvalue weighted by atomic mass is 10.0. The lowest BCUT2D eigenvalue weighted by Crippen LogP contribution is -2.05. The van der Waals surface area contributed by atoms with Crippen LogP contribution in [-0.2, 0) is 0 Å². The molecule has 0 saturated carbocycles. The van der Waals surface area contributed by atoms with Crippen LogP contribution >= 0.6 is 0 Å². The molecule has 9 rings (SSSR count). The van der Waals surface area contributed by atoms with E-state index in [-0.39, 0.29) is 0 Å². The van der Waals surface area contributed by atoms with Gasteiger partial charge in [-0.1, -0.05) is 127 Å². The number of aromatic nitrogens is 5. The number of benzene rings is 6. The molecule has 0 N–H and O–H groups in total. The molecule has 0 aliphatic heterocycles. The minimum absolute atomic E-state index is 0.578. The monoisotopic (exact) mass is 589 g/mol. The summed E-state index contributed by atoms with van der Waals surface area (Å²) in [4.78, 5) is 14.9. The first-order chi connectivity index (χ1) is 22.8. The van der Waals surface area contributed by atoms with Gasteiger partial charge in [-0.25, -0.2) is 4.98 Å². The normalized spacial score (nSPS) is 11.5. The van der Waals surface area contributed by atoms with Crippen molar-refractivity contribution in [2.45, 2.75) is 0 Å². The predicted octanol–water partition coefficient (Wildman–Crippen LogP) is 9.91. The van der Waals surface area contributed by atoms with Crippen LogP contribution in [-0.4, -0.2) is 24.1 Å². The molecular weight excluding hydrogens is 562 g/mol. The zero-order valence-corrected chi connectivity index (χ0v) is 24.8. The van der Waals surface area contributed by atoms with Gasteiger partial charge >= 0.3 is 0 Å². The van der Waals surface area contributed by atoms with Crippen molar-refractivity contribution in [2.75, 3.05) is 0 Å². The lowest BCUT2D eigenvalue weighted by molar-refractivity contribution is 0.934. The fraction of sp³-hybridized carbons (Fsp3) is 0. The van der Waals surface area contributed by atoms with Gasteiger partial charge in [-0.2, -0.15) is 9.97 Å². The molecule has 6 aromatic carbocycles. The molecule has 0 unspecified atom stereocenters. The zero-order chi connectivity index (χ0) is 30.5. The van der Waals surface area contributed by atoms with Crippen LogP contribution in [0.5, 0.6) is 0 Å². The standard InChI is InChI=1S/C41H27N5/c1-3-14-28(15-4-1)39-42-40(29-16-5-2-6-17-29)44-41(43-39)45-27-35(34-22-7-10-23-36(34)45)30-18-13-19-31(26-30)46-37-24-11-8-20-32(37)33-21-9-12-25-38(33)46/h1-27H. The van der Waals surface area contributed by atoms with Crippen LogP contribution in [0, 0.1) is 0 Å². The fourth-order valence-electron chi connectivity index (χ4n) is 6.49. The third-order valence-electron chi connectivity index (χ3n) is 8.61. The SMILES string of the molecule is c1ccc(-c2nc(-c3ccccc3)nc(-n3cc(-c4cccc(-n5c6ccccc6c6ccccc65)c4)c4ccccc43)n2)cc1. The molecule has 216 valence electrons. The Morgan fingerprint density at radius 1 is 0.391 bits per heavy atom. The van der Waals surface area contributed by atoms with Gasteiger partial charge in [-0.05, 0) is 35.9 Å². The summed E-state index contributed by atoms with van der Waals surface area (Å²) in [5, 5.41) is 3.63. The summed E-state index contributed by atoms with van der Waals surface area (Å²) in [6.07, 6.45) is 2.16. The molecule has 0 aliphatic carbocycles. The predicted molar refractivity (Wildman–Crippen MR) is 187 cm³/mol. The van der Waals surface area contributed by atoms with Crippen LogP contribution in [0.15, 0.2) is 164 Å². The molecular formula is C41H27N5. The summed E-state index contributed by atoms with van der Waals surface area (Å²) in [5.41, 5.74) is 8.65. The molecule has 0 bridgehead atoms. The van der Waals surface area contributed by atoms with Crippen LogP contribution in [0.1, 0.15) is 0 Å². The van der Waals surface area contributed by atoms with Crippen molar-refractivity contribution < 1.29 is 0 Å². The number of nitrogens with zero attached hydrogens (tertiary/aromatic N) is 5. The Hall–Kier alpha value is -6.33. The van der Waals surface area contributed by atoms with Gasteiger partial charge in [0.1, 0.15) is 0 Å². The highest BCUT2D eigenvalue weighted by molar-refractivity contribution is 6.09. The largest absolute Gasteiger partial charge is 0.309 e. The average Bonchev–Trinajstić information content (AvgIpc) is 3.69. The van der Waals surface area contributed by atoms with E-state index in [2.05, 4.69) is 112 Å². The van der Waals surface area contributed by atoms with Gasteiger partial charge in [0.15, 0.2) is 11.6 Å². The van der Waals surface area contributed by atoms with E-state index >= 15 is 0 Å². The van der Waals surface area contributed by atoms with Gasteiger partial charge in [0.05, 0.1) is 16.6 Å². The third-order valence-corrected chi connectivity index (χ3v) is 8.61. The second kappa shape index (κ2) is 10.7. The number of rotatable bonds is 5. The van der Waals surface area contributed by atoms with Crippen molar-refractivity contribution in [1.29, 1.82) is 0 Å². The summed E-state index contributed by atoms with van der Waals surface area (Å²) >= 11 is 0. The molecule has 0 radical (unpaired) electrons. The summed E-state index contributed by atoms with van der Waals surface area (Å²) in [6.45, 7) is 0. The molecule has 0 amide bonds. The first-order valence-electron chi connectivity index (χ1n) is 15.4. The Kier molecular flexibility index (Phi) is 6.06. The highest BCUT2D eigenvalue weighted by atomic mass is 15.2. The minimum Gasteiger partial charge on any atom is -0.309 e. The molecule has 5 nitrogen and oxygen atoms in total. The van der Waals surface area contributed by atoms with E-state index < -0.39 is 0 Å². The Labute approximate surface area is 265 Å². The van der Waals surface area contributed by atoms with Crippen molar-refractivity contribution in [3.8, 4) is 45.5 Å². The molecule has 5 heteroatoms. The summed E-state index contributed by atoms with van der Waals surface area (Å²) < 4.78 is 4.45. The molecule has 46 heavy (non-hydrogen) atoms. The van der Waals surface area contributed by atoms with E-state index in [1.165, 1.54) is 21.8 Å². The van der Waals surface area contributed by atoms with Gasteiger partial charge < -0.3 is 4.57 Å². The van der Waals surface area contributed by atoms with Crippen molar-refractivity contribution >= 4 is 32.7 Å². The molecule has 0 aliphatic rings. The quantitative estimate of drug-likeness (QED) is 0.201. The van der Waals surface area contributed by atoms with Gasteiger partial charge in [0, 0.05) is 44.7 Å². The minimum atomic E-state index is 0.578. The van der Waals surface area contributed by atoms with Crippen molar-refractivity contribution in [2.24, 2.45) is 0 Å². The van der Waals surface area contributed by atoms with E-state index in [1.54, 1.807) is 0 Å². The Morgan fingerprint density at radius 2 is 0.891 bits per heavy atom. The second-order valence-corrected chi connectivity index (χ2v) is 11.4. The Bertz CT molecular complexity index is 2420. The Morgan fingerprint density at radius 3 is 1.50 bits per heavy atom. The van der Waals surface area contributed by atoms with Crippen molar-refractivity contribution in [3.05, 3.63) is 164 Å². The molecule has 0 atom stereocenters. The van der Waals surface area contributed by atoms with E-state index in [0.29, 0.717) is 17.6 Å². The number of para-hydroxylation sites is 3. The summed E-state index contributed by atoms with van der Waals surface area (Å²) in [7, 11) is 0. The van der Waals surface area contributed by atoms with Crippen LogP contribution in [0.2, 0.25) is 0 Å². The van der Waals surface area contributed by atoms with E-state index in [4.69, 9.17) is 15.0 Å². The van der Waals surface area contributed by atoms with Crippen molar-refractivity contribution in [3.63, 3.8) is 0 Å². The van der Waals surface area contributed by atoms with E-state index in [0.717, 1.165) is 38.8 Å². The molecule has 9 aromatic rings. The van der Waals surface area contributed by atoms with Crippen LogP contribution in [0.25, 0.3) is 78.2 Å². The lowest BCUT2D eigenvalue weighted by Gasteiger charge is -2.10.